The van der Waals surface area contributed by atoms with Gasteiger partial charge in [-0.25, -0.2) is 4.79 Å². The summed E-state index contributed by atoms with van der Waals surface area (Å²) >= 11 is 0. The molecular weight excluding hydrogens is 358 g/mol. The molecule has 0 radical (unpaired) electrons. The molecule has 1 atom stereocenters. The molecule has 1 amide bonds. The zero-order valence-corrected chi connectivity index (χ0v) is 21.3. The van der Waals surface area contributed by atoms with Gasteiger partial charge < -0.3 is 13.8 Å². The van der Waals surface area contributed by atoms with Crippen LogP contribution in [0.25, 0.3) is 0 Å². The number of nitrogens with zero attached hydrogens (tertiary/aromatic N) is 1. The first kappa shape index (κ1) is 25.7. The van der Waals surface area contributed by atoms with Crippen molar-refractivity contribution in [2.24, 2.45) is 0 Å². The monoisotopic (exact) mass is 403 g/mol. The summed E-state index contributed by atoms with van der Waals surface area (Å²) in [5.74, 6) is 0. The number of carbonyl (C=O) groups excluding carboxylic acids is 1. The highest BCUT2D eigenvalue weighted by molar-refractivity contribution is 6.78. The second-order valence-corrected chi connectivity index (χ2v) is 18.9. The predicted octanol–water partition coefficient (Wildman–Crippen LogP) is 6.64. The summed E-state index contributed by atoms with van der Waals surface area (Å²) in [5.41, 5.74) is 1.24. The molecule has 0 aromatic rings. The smallest absolute Gasteiger partial charge is 0.395 e. The van der Waals surface area contributed by atoms with Gasteiger partial charge in [-0.1, -0.05) is 48.5 Å². The summed E-state index contributed by atoms with van der Waals surface area (Å²) in [6.07, 6.45) is 2.21. The van der Waals surface area contributed by atoms with E-state index >= 15 is 0 Å². The third kappa shape index (κ3) is 7.35. The fourth-order valence-electron chi connectivity index (χ4n) is 4.10. The maximum Gasteiger partial charge on any atom is 0.395 e. The highest BCUT2D eigenvalue weighted by Crippen LogP contribution is 2.42. The van der Waals surface area contributed by atoms with Gasteiger partial charge >= 0.3 is 6.09 Å². The normalized spacial score (nSPS) is 14.2. The highest BCUT2D eigenvalue weighted by Gasteiger charge is 2.48. The lowest BCUT2D eigenvalue weighted by molar-refractivity contribution is 0.155. The predicted molar refractivity (Wildman–Crippen MR) is 118 cm³/mol. The quantitative estimate of drug-likeness (QED) is 0.363. The Balaban J connectivity index is 4.77. The van der Waals surface area contributed by atoms with Gasteiger partial charge in [0.25, 0.3) is 8.32 Å². The van der Waals surface area contributed by atoms with Crippen LogP contribution in [0.1, 0.15) is 68.2 Å². The number of carbonyl (C=O) groups is 1. The van der Waals surface area contributed by atoms with Crippen molar-refractivity contribution in [3.8, 4) is 0 Å². The van der Waals surface area contributed by atoms with Crippen molar-refractivity contribution >= 4 is 22.7 Å². The molecule has 0 aliphatic carbocycles. The lowest BCUT2D eigenvalue weighted by atomic mass is 10.3. The van der Waals surface area contributed by atoms with E-state index in [1.54, 1.807) is 4.90 Å². The van der Waals surface area contributed by atoms with Crippen molar-refractivity contribution in [2.45, 2.75) is 110 Å². The molecule has 156 valence electrons. The Morgan fingerprint density at radius 3 is 1.81 bits per heavy atom. The first-order valence-corrected chi connectivity index (χ1v) is 15.7. The van der Waals surface area contributed by atoms with Crippen LogP contribution in [0, 0.1) is 0 Å². The molecule has 1 unspecified atom stereocenters. The summed E-state index contributed by atoms with van der Waals surface area (Å²) in [5, 5.41) is 0. The molecule has 0 aromatic heterocycles. The maximum absolute atomic E-state index is 12.8. The van der Waals surface area contributed by atoms with Crippen LogP contribution in [0.2, 0.25) is 35.8 Å². The van der Waals surface area contributed by atoms with Crippen LogP contribution in [0.5, 0.6) is 0 Å². The van der Waals surface area contributed by atoms with E-state index in [1.165, 1.54) is 0 Å². The van der Waals surface area contributed by atoms with E-state index in [1.807, 2.05) is 7.05 Å². The van der Waals surface area contributed by atoms with Crippen molar-refractivity contribution in [3.05, 3.63) is 0 Å². The first-order chi connectivity index (χ1) is 11.8. The Kier molecular flexibility index (Phi) is 10.7. The van der Waals surface area contributed by atoms with Gasteiger partial charge in [-0.15, -0.1) is 0 Å². The number of rotatable bonds is 11. The van der Waals surface area contributed by atoms with E-state index in [2.05, 4.69) is 68.5 Å². The summed E-state index contributed by atoms with van der Waals surface area (Å²) in [6.45, 7) is 22.8. The lowest BCUT2D eigenvalue weighted by Crippen LogP contribution is -2.51. The third-order valence-corrected chi connectivity index (χ3v) is 14.2. The Labute approximate surface area is 165 Å². The molecule has 0 saturated carbocycles. The summed E-state index contributed by atoms with van der Waals surface area (Å²) < 4.78 is 12.5. The van der Waals surface area contributed by atoms with E-state index in [0.29, 0.717) is 22.7 Å². The largest absolute Gasteiger partial charge is 0.503 e. The molecule has 0 fully saturated rings. The molecule has 4 nitrogen and oxygen atoms in total. The second-order valence-electron chi connectivity index (χ2n) is 9.31. The number of hydrogen-bond donors (Lipinski definition) is 0. The lowest BCUT2D eigenvalue weighted by Gasteiger charge is -2.42. The molecule has 0 aromatic carbocycles. The molecule has 0 N–H and O–H groups in total. The van der Waals surface area contributed by atoms with Gasteiger partial charge in [0.2, 0.25) is 0 Å². The molecule has 0 heterocycles. The van der Waals surface area contributed by atoms with Crippen LogP contribution in [0.4, 0.5) is 4.79 Å². The van der Waals surface area contributed by atoms with Gasteiger partial charge in [0.1, 0.15) is 0 Å². The fourth-order valence-corrected chi connectivity index (χ4v) is 11.7. The maximum atomic E-state index is 12.8. The van der Waals surface area contributed by atoms with E-state index < -0.39 is 16.6 Å². The topological polar surface area (TPSA) is 38.8 Å². The van der Waals surface area contributed by atoms with Crippen LogP contribution in [-0.2, 0) is 8.85 Å². The average Bonchev–Trinajstić information content (AvgIpc) is 2.50. The summed E-state index contributed by atoms with van der Waals surface area (Å²) in [4.78, 5) is 14.5. The van der Waals surface area contributed by atoms with Crippen molar-refractivity contribution in [1.82, 2.24) is 4.90 Å². The molecule has 0 aliphatic rings. The van der Waals surface area contributed by atoms with Crippen molar-refractivity contribution in [2.75, 3.05) is 13.6 Å². The van der Waals surface area contributed by atoms with Crippen LogP contribution < -0.4 is 0 Å². The molecule has 0 bridgehead atoms. The van der Waals surface area contributed by atoms with E-state index in [4.69, 9.17) is 8.85 Å². The van der Waals surface area contributed by atoms with E-state index in [9.17, 15) is 4.79 Å². The van der Waals surface area contributed by atoms with Crippen molar-refractivity contribution in [3.63, 3.8) is 0 Å². The Bertz CT molecular complexity index is 404. The van der Waals surface area contributed by atoms with Gasteiger partial charge in [-0.2, -0.15) is 0 Å². The minimum atomic E-state index is -2.16. The Morgan fingerprint density at radius 2 is 1.42 bits per heavy atom. The zero-order valence-electron chi connectivity index (χ0n) is 19.3. The molecule has 6 heteroatoms. The summed E-state index contributed by atoms with van der Waals surface area (Å²) in [7, 11) is -1.96. The van der Waals surface area contributed by atoms with Gasteiger partial charge in [0.05, 0.1) is 0 Å². The standard InChI is InChI=1S/C20H45NO3Si2/c1-12-19(8)23-25(10,11)15-13-14-21(9)20(22)24-26(16(2)3,17(4)5)18(6)7/h16-19H,12-15H2,1-11H3. The summed E-state index contributed by atoms with van der Waals surface area (Å²) in [6, 6.07) is 1.07. The minimum absolute atomic E-state index is 0.143. The van der Waals surface area contributed by atoms with Crippen molar-refractivity contribution < 1.29 is 13.6 Å². The van der Waals surface area contributed by atoms with Crippen LogP contribution in [-0.4, -0.2) is 47.3 Å². The van der Waals surface area contributed by atoms with Gasteiger partial charge in [-0.05, 0) is 55.5 Å². The van der Waals surface area contributed by atoms with Crippen LogP contribution >= 0.6 is 0 Å². The SMILES string of the molecule is CCC(C)O[Si](C)(C)CCCN(C)C(=O)O[Si](C(C)C)(C(C)C)C(C)C. The average molecular weight is 404 g/mol. The Morgan fingerprint density at radius 1 is 0.962 bits per heavy atom. The zero-order chi connectivity index (χ0) is 20.7. The molecule has 0 saturated heterocycles. The second kappa shape index (κ2) is 10.9. The number of amides is 1. The van der Waals surface area contributed by atoms with Crippen molar-refractivity contribution in [1.29, 1.82) is 0 Å². The minimum Gasteiger partial charge on any atom is -0.503 e. The first-order valence-electron chi connectivity index (χ1n) is 10.4. The van der Waals surface area contributed by atoms with Crippen LogP contribution in [0.15, 0.2) is 0 Å². The molecular formula is C20H45NO3Si2. The molecule has 0 aliphatic heterocycles. The van der Waals surface area contributed by atoms with Gasteiger partial charge in [-0.3, -0.25) is 0 Å². The third-order valence-electron chi connectivity index (χ3n) is 5.65. The Hall–Kier alpha value is -0.336. The highest BCUT2D eigenvalue weighted by atomic mass is 28.4. The fraction of sp³-hybridized carbons (Fsp3) is 0.950. The van der Waals surface area contributed by atoms with Crippen LogP contribution in [0.3, 0.4) is 0 Å². The number of hydrogen-bond acceptors (Lipinski definition) is 3. The molecule has 0 spiro atoms. The van der Waals surface area contributed by atoms with Gasteiger partial charge in [0, 0.05) is 19.7 Å². The molecule has 26 heavy (non-hydrogen) atoms. The molecule has 0 rings (SSSR count). The van der Waals surface area contributed by atoms with E-state index in [-0.39, 0.29) is 6.09 Å². The van der Waals surface area contributed by atoms with Gasteiger partial charge in [0.15, 0.2) is 8.32 Å². The van der Waals surface area contributed by atoms with E-state index in [0.717, 1.165) is 25.4 Å².